The minimum absolute atomic E-state index is 0.0981. The van der Waals surface area contributed by atoms with E-state index in [0.717, 1.165) is 84.7 Å². The molecule has 0 bridgehead atoms. The molecule has 0 saturated carbocycles. The summed E-state index contributed by atoms with van der Waals surface area (Å²) in [5.41, 5.74) is 0. The fourth-order valence-corrected chi connectivity index (χ4v) is 4.02. The number of esters is 1. The van der Waals surface area contributed by atoms with Crippen LogP contribution in [0.25, 0.3) is 0 Å². The van der Waals surface area contributed by atoms with E-state index in [4.69, 9.17) is 9.47 Å². The van der Waals surface area contributed by atoms with Gasteiger partial charge in [0, 0.05) is 52.2 Å². The molecule has 7 heteroatoms. The first kappa shape index (κ1) is 19.4. The van der Waals surface area contributed by atoms with Gasteiger partial charge in [-0.3, -0.25) is 9.69 Å². The predicted octanol–water partition coefficient (Wildman–Crippen LogP) is 1.57. The Labute approximate surface area is 156 Å². The third-order valence-electron chi connectivity index (χ3n) is 5.74. The smallest absolute Gasteiger partial charge is 0.319 e. The third-order valence-corrected chi connectivity index (χ3v) is 5.74. The Kier molecular flexibility index (Phi) is 7.55. The van der Waals surface area contributed by atoms with Gasteiger partial charge in [-0.1, -0.05) is 0 Å². The highest BCUT2D eigenvalue weighted by Gasteiger charge is 2.28. The monoisotopic (exact) mass is 367 g/mol. The number of hydrogen-bond donors (Lipinski definition) is 0. The molecule has 3 heterocycles. The number of likely N-dealkylation sites (tertiary alicyclic amines) is 2. The van der Waals surface area contributed by atoms with E-state index in [1.807, 2.05) is 9.80 Å². The Morgan fingerprint density at radius 1 is 0.885 bits per heavy atom. The molecule has 3 aliphatic rings. The van der Waals surface area contributed by atoms with E-state index in [0.29, 0.717) is 18.9 Å². The molecule has 0 N–H and O–H groups in total. The van der Waals surface area contributed by atoms with E-state index in [1.165, 1.54) is 6.42 Å². The van der Waals surface area contributed by atoms with Crippen molar-refractivity contribution in [1.29, 1.82) is 0 Å². The first-order valence-electron chi connectivity index (χ1n) is 10.2. The lowest BCUT2D eigenvalue weighted by Crippen LogP contribution is -2.48. The minimum atomic E-state index is -0.0981. The van der Waals surface area contributed by atoms with Crippen LogP contribution in [-0.4, -0.2) is 92.3 Å². The first-order valence-corrected chi connectivity index (χ1v) is 10.2. The van der Waals surface area contributed by atoms with Crippen LogP contribution in [0.4, 0.5) is 4.79 Å². The summed E-state index contributed by atoms with van der Waals surface area (Å²) in [4.78, 5) is 30.8. The SMILES string of the molecule is O=C(CC1CCN(C(=O)N2CCCCC2)CC1)OCCN1CCOCC1. The summed E-state index contributed by atoms with van der Waals surface area (Å²) in [6.45, 7) is 7.95. The molecule has 0 spiro atoms. The van der Waals surface area contributed by atoms with Gasteiger partial charge in [0.1, 0.15) is 6.61 Å². The Morgan fingerprint density at radius 3 is 2.23 bits per heavy atom. The van der Waals surface area contributed by atoms with Crippen molar-refractivity contribution in [1.82, 2.24) is 14.7 Å². The van der Waals surface area contributed by atoms with E-state index >= 15 is 0 Å². The van der Waals surface area contributed by atoms with Gasteiger partial charge < -0.3 is 19.3 Å². The average molecular weight is 367 g/mol. The predicted molar refractivity (Wildman–Crippen MR) is 98.0 cm³/mol. The fourth-order valence-electron chi connectivity index (χ4n) is 4.02. The van der Waals surface area contributed by atoms with Crippen LogP contribution in [0.1, 0.15) is 38.5 Å². The molecule has 0 radical (unpaired) electrons. The van der Waals surface area contributed by atoms with Gasteiger partial charge in [0.25, 0.3) is 0 Å². The summed E-state index contributed by atoms with van der Waals surface area (Å²) in [6.07, 6.45) is 5.77. The fraction of sp³-hybridized carbons (Fsp3) is 0.895. The number of carbonyl (C=O) groups excluding carboxylic acids is 2. The Hall–Kier alpha value is -1.34. The maximum absolute atomic E-state index is 12.5. The number of carbonyl (C=O) groups is 2. The zero-order valence-electron chi connectivity index (χ0n) is 15.9. The van der Waals surface area contributed by atoms with Crippen molar-refractivity contribution in [2.45, 2.75) is 38.5 Å². The van der Waals surface area contributed by atoms with Crippen LogP contribution >= 0.6 is 0 Å². The van der Waals surface area contributed by atoms with Crippen LogP contribution in [0.2, 0.25) is 0 Å². The van der Waals surface area contributed by atoms with Gasteiger partial charge in [-0.15, -0.1) is 0 Å². The molecule has 0 atom stereocenters. The summed E-state index contributed by atoms with van der Waals surface area (Å²) in [5, 5.41) is 0. The second-order valence-electron chi connectivity index (χ2n) is 7.64. The standard InChI is InChI=1S/C19H33N3O4/c23-18(26-15-12-20-10-13-25-14-11-20)16-17-4-8-22(9-5-17)19(24)21-6-2-1-3-7-21/h17H,1-16H2. The Bertz CT molecular complexity index is 454. The average Bonchev–Trinajstić information content (AvgIpc) is 2.69. The number of morpholine rings is 1. The van der Waals surface area contributed by atoms with Crippen molar-refractivity contribution in [3.8, 4) is 0 Å². The molecule has 0 aromatic heterocycles. The lowest BCUT2D eigenvalue weighted by molar-refractivity contribution is -0.145. The molecule has 26 heavy (non-hydrogen) atoms. The topological polar surface area (TPSA) is 62.3 Å². The largest absolute Gasteiger partial charge is 0.464 e. The maximum atomic E-state index is 12.5. The molecule has 3 fully saturated rings. The van der Waals surface area contributed by atoms with Crippen LogP contribution in [-0.2, 0) is 14.3 Å². The second kappa shape index (κ2) is 10.1. The molecular weight excluding hydrogens is 334 g/mol. The summed E-state index contributed by atoms with van der Waals surface area (Å²) >= 11 is 0. The lowest BCUT2D eigenvalue weighted by atomic mass is 9.94. The molecule has 0 unspecified atom stereocenters. The van der Waals surface area contributed by atoms with Gasteiger partial charge >= 0.3 is 12.0 Å². The molecule has 3 rings (SSSR count). The van der Waals surface area contributed by atoms with Crippen LogP contribution in [0.5, 0.6) is 0 Å². The molecule has 7 nitrogen and oxygen atoms in total. The third kappa shape index (κ3) is 5.84. The summed E-state index contributed by atoms with van der Waals surface area (Å²) in [7, 11) is 0. The van der Waals surface area contributed by atoms with Crippen molar-refractivity contribution < 1.29 is 19.1 Å². The van der Waals surface area contributed by atoms with Crippen molar-refractivity contribution in [2.75, 3.05) is 65.6 Å². The number of ether oxygens (including phenoxy) is 2. The summed E-state index contributed by atoms with van der Waals surface area (Å²) in [6, 6.07) is 0.191. The highest BCUT2D eigenvalue weighted by atomic mass is 16.5. The molecule has 0 aromatic carbocycles. The highest BCUT2D eigenvalue weighted by Crippen LogP contribution is 2.22. The second-order valence-corrected chi connectivity index (χ2v) is 7.64. The maximum Gasteiger partial charge on any atom is 0.319 e. The van der Waals surface area contributed by atoms with E-state index in [-0.39, 0.29) is 12.0 Å². The van der Waals surface area contributed by atoms with Gasteiger partial charge in [0.05, 0.1) is 13.2 Å². The zero-order valence-corrected chi connectivity index (χ0v) is 15.9. The summed E-state index contributed by atoms with van der Waals surface area (Å²) < 4.78 is 10.7. The lowest BCUT2D eigenvalue weighted by Gasteiger charge is -2.37. The Morgan fingerprint density at radius 2 is 1.54 bits per heavy atom. The van der Waals surface area contributed by atoms with Crippen molar-refractivity contribution >= 4 is 12.0 Å². The number of urea groups is 1. The van der Waals surface area contributed by atoms with Crippen LogP contribution in [0.15, 0.2) is 0 Å². The zero-order chi connectivity index (χ0) is 18.2. The Balaban J connectivity index is 1.29. The van der Waals surface area contributed by atoms with E-state index in [2.05, 4.69) is 4.90 Å². The van der Waals surface area contributed by atoms with Gasteiger partial charge in [0.2, 0.25) is 0 Å². The van der Waals surface area contributed by atoms with Crippen molar-refractivity contribution in [2.24, 2.45) is 5.92 Å². The summed E-state index contributed by atoms with van der Waals surface area (Å²) in [5.74, 6) is 0.246. The molecule has 0 aromatic rings. The number of piperidine rings is 2. The molecule has 3 saturated heterocycles. The van der Waals surface area contributed by atoms with Crippen LogP contribution in [0, 0.1) is 5.92 Å². The quantitative estimate of drug-likeness (QED) is 0.690. The highest BCUT2D eigenvalue weighted by molar-refractivity contribution is 5.74. The number of amides is 2. The first-order chi connectivity index (χ1) is 12.7. The van der Waals surface area contributed by atoms with Gasteiger partial charge in [-0.25, -0.2) is 4.79 Å². The molecule has 2 amide bonds. The number of hydrogen-bond acceptors (Lipinski definition) is 5. The molecule has 3 aliphatic heterocycles. The van der Waals surface area contributed by atoms with E-state index < -0.39 is 0 Å². The normalized spacial score (nSPS) is 23.1. The van der Waals surface area contributed by atoms with Gasteiger partial charge in [-0.05, 0) is 38.0 Å². The van der Waals surface area contributed by atoms with Crippen molar-refractivity contribution in [3.63, 3.8) is 0 Å². The number of rotatable bonds is 5. The van der Waals surface area contributed by atoms with Crippen LogP contribution in [0.3, 0.4) is 0 Å². The van der Waals surface area contributed by atoms with E-state index in [1.54, 1.807) is 0 Å². The van der Waals surface area contributed by atoms with Crippen LogP contribution < -0.4 is 0 Å². The minimum Gasteiger partial charge on any atom is -0.464 e. The van der Waals surface area contributed by atoms with E-state index in [9.17, 15) is 9.59 Å². The van der Waals surface area contributed by atoms with Gasteiger partial charge in [0.15, 0.2) is 0 Å². The molecule has 0 aliphatic carbocycles. The number of nitrogens with zero attached hydrogens (tertiary/aromatic N) is 3. The molecular formula is C19H33N3O4. The van der Waals surface area contributed by atoms with Crippen molar-refractivity contribution in [3.05, 3.63) is 0 Å². The molecule has 148 valence electrons. The van der Waals surface area contributed by atoms with Gasteiger partial charge in [-0.2, -0.15) is 0 Å².